The Bertz CT molecular complexity index is 1850. The number of aliphatic hydroxyl groups is 1. The first-order valence-corrected chi connectivity index (χ1v) is 15.7. The molecule has 4 aromatic rings. The summed E-state index contributed by atoms with van der Waals surface area (Å²) >= 11 is 0. The first kappa shape index (κ1) is 34.1. The summed E-state index contributed by atoms with van der Waals surface area (Å²) in [4.78, 5) is 45.8. The molecule has 2 fully saturated rings. The summed E-state index contributed by atoms with van der Waals surface area (Å²) < 4.78 is 31.5. The lowest BCUT2D eigenvalue weighted by atomic mass is 9.79. The second-order valence-electron chi connectivity index (χ2n) is 12.0. The average Bonchev–Trinajstić information content (AvgIpc) is 3.59. The first-order chi connectivity index (χ1) is 23.6. The SMILES string of the molecule is COc1ccc(C(OC[C@H]2O[C@@H](n3cc(C)c(=O)[nH]c3=O)[C@H](O)[C@]23[C@@H](OC(C)=O)CON3C)(c2ccccc2)c2ccc(OC)cc2)cc1. The van der Waals surface area contributed by atoms with E-state index in [0.717, 1.165) is 21.3 Å². The van der Waals surface area contributed by atoms with Crippen LogP contribution in [0.2, 0.25) is 0 Å². The van der Waals surface area contributed by atoms with Gasteiger partial charge in [-0.1, -0.05) is 54.6 Å². The van der Waals surface area contributed by atoms with Gasteiger partial charge >= 0.3 is 11.7 Å². The first-order valence-electron chi connectivity index (χ1n) is 15.7. The van der Waals surface area contributed by atoms with E-state index in [2.05, 4.69) is 4.98 Å². The Morgan fingerprint density at radius 1 is 0.959 bits per heavy atom. The Hall–Kier alpha value is -4.79. The Labute approximate surface area is 282 Å². The van der Waals surface area contributed by atoms with Crippen LogP contribution in [0.15, 0.2) is 94.6 Å². The fourth-order valence-electron chi connectivity index (χ4n) is 6.95. The maximum atomic E-state index is 13.1. The van der Waals surface area contributed by atoms with Crippen molar-refractivity contribution < 1.29 is 38.4 Å². The van der Waals surface area contributed by atoms with Crippen molar-refractivity contribution >= 4 is 5.97 Å². The molecule has 0 bridgehead atoms. The molecule has 13 heteroatoms. The molecule has 5 atom stereocenters. The molecule has 2 N–H and O–H groups in total. The fourth-order valence-corrected chi connectivity index (χ4v) is 6.95. The average molecular weight is 674 g/mol. The van der Waals surface area contributed by atoms with E-state index in [-0.39, 0.29) is 18.8 Å². The van der Waals surface area contributed by atoms with Crippen molar-refractivity contribution in [2.24, 2.45) is 0 Å². The summed E-state index contributed by atoms with van der Waals surface area (Å²) in [6, 6.07) is 24.6. The number of rotatable bonds is 10. The van der Waals surface area contributed by atoms with E-state index in [1.807, 2.05) is 78.9 Å². The van der Waals surface area contributed by atoms with Gasteiger partial charge < -0.3 is 28.8 Å². The summed E-state index contributed by atoms with van der Waals surface area (Å²) in [5.74, 6) is 0.714. The number of esters is 1. The van der Waals surface area contributed by atoms with Gasteiger partial charge in [0.15, 0.2) is 12.3 Å². The maximum Gasteiger partial charge on any atom is 0.330 e. The van der Waals surface area contributed by atoms with Crippen molar-refractivity contribution in [3.63, 3.8) is 0 Å². The third kappa shape index (κ3) is 5.83. The zero-order valence-electron chi connectivity index (χ0n) is 27.8. The maximum absolute atomic E-state index is 13.1. The normalized spacial score (nSPS) is 23.9. The Morgan fingerprint density at radius 2 is 1.53 bits per heavy atom. The zero-order valence-corrected chi connectivity index (χ0v) is 27.8. The lowest BCUT2D eigenvalue weighted by Gasteiger charge is -2.42. The van der Waals surface area contributed by atoms with Gasteiger partial charge in [-0.2, -0.15) is 5.06 Å². The molecular formula is C36H39N3O10. The number of ether oxygens (including phenoxy) is 5. The van der Waals surface area contributed by atoms with Crippen molar-refractivity contribution in [2.75, 3.05) is 34.5 Å². The molecule has 0 aliphatic carbocycles. The fraction of sp³-hybridized carbons (Fsp3) is 0.361. The van der Waals surface area contributed by atoms with E-state index < -0.39 is 52.9 Å². The quantitative estimate of drug-likeness (QED) is 0.189. The van der Waals surface area contributed by atoms with Crippen LogP contribution >= 0.6 is 0 Å². The predicted molar refractivity (Wildman–Crippen MR) is 176 cm³/mol. The molecule has 2 aliphatic heterocycles. The highest BCUT2D eigenvalue weighted by atomic mass is 16.7. The standard InChI is InChI=1S/C36H39N3O10/c1-22-19-39(34(43)37-32(22)42)33-31(41)35(30(48-23(2)40)21-47-38(35)3)29(49-33)20-46-36(24-9-7-6-8-10-24,25-11-15-27(44-4)16-12-25)26-13-17-28(45-5)18-14-26/h6-19,29-31,33,41H,20-21H2,1-5H3,(H,37,42,43)/t29-,30+,31+,33-,35-/m1/s1. The number of benzene rings is 3. The third-order valence-corrected chi connectivity index (χ3v) is 9.40. The topological polar surface area (TPSA) is 151 Å². The van der Waals surface area contributed by atoms with Gasteiger partial charge in [-0.25, -0.2) is 4.79 Å². The summed E-state index contributed by atoms with van der Waals surface area (Å²) in [5, 5.41) is 13.5. The lowest BCUT2D eigenvalue weighted by Crippen LogP contribution is -2.64. The van der Waals surface area contributed by atoms with Gasteiger partial charge in [0, 0.05) is 25.7 Å². The van der Waals surface area contributed by atoms with Gasteiger partial charge in [-0.3, -0.25) is 24.0 Å². The van der Waals surface area contributed by atoms with Crippen LogP contribution in [-0.4, -0.2) is 84.0 Å². The van der Waals surface area contributed by atoms with E-state index in [1.165, 1.54) is 25.1 Å². The van der Waals surface area contributed by atoms with Crippen LogP contribution in [0.25, 0.3) is 0 Å². The Morgan fingerprint density at radius 3 is 2.08 bits per heavy atom. The number of carbonyl (C=O) groups is 1. The van der Waals surface area contributed by atoms with Crippen LogP contribution in [-0.2, 0) is 29.4 Å². The molecule has 258 valence electrons. The second kappa shape index (κ2) is 13.6. The summed E-state index contributed by atoms with van der Waals surface area (Å²) in [6.07, 6.45) is -3.55. The molecule has 0 saturated carbocycles. The van der Waals surface area contributed by atoms with Crippen LogP contribution in [0, 0.1) is 6.92 Å². The van der Waals surface area contributed by atoms with Gasteiger partial charge in [-0.05, 0) is 47.9 Å². The van der Waals surface area contributed by atoms with E-state index in [4.69, 9.17) is 28.5 Å². The van der Waals surface area contributed by atoms with Gasteiger partial charge in [0.25, 0.3) is 5.56 Å². The number of nitrogens with zero attached hydrogens (tertiary/aromatic N) is 2. The number of aromatic amines is 1. The number of aliphatic hydroxyl groups excluding tert-OH is 1. The minimum Gasteiger partial charge on any atom is -0.497 e. The molecule has 0 unspecified atom stereocenters. The summed E-state index contributed by atoms with van der Waals surface area (Å²) in [6.45, 7) is 2.53. The van der Waals surface area contributed by atoms with Crippen molar-refractivity contribution in [1.29, 1.82) is 0 Å². The highest BCUT2D eigenvalue weighted by Crippen LogP contribution is 2.49. The number of H-pyrrole nitrogens is 1. The van der Waals surface area contributed by atoms with E-state index in [9.17, 15) is 19.5 Å². The number of aryl methyl sites for hydroxylation is 1. The molecule has 2 saturated heterocycles. The van der Waals surface area contributed by atoms with Crippen LogP contribution in [0.4, 0.5) is 0 Å². The number of hydrogen-bond acceptors (Lipinski definition) is 11. The molecule has 0 amide bonds. The molecule has 1 aromatic heterocycles. The minimum atomic E-state index is -1.54. The number of likely N-dealkylation sites (N-methyl/N-ethyl adjacent to an activating group) is 1. The molecule has 0 radical (unpaired) electrons. The van der Waals surface area contributed by atoms with Crippen molar-refractivity contribution in [3.05, 3.63) is 128 Å². The van der Waals surface area contributed by atoms with Crippen LogP contribution in [0.5, 0.6) is 11.5 Å². The Kier molecular flexibility index (Phi) is 9.47. The largest absolute Gasteiger partial charge is 0.497 e. The number of aromatic nitrogens is 2. The number of hydrogen-bond donors (Lipinski definition) is 2. The molecule has 6 rings (SSSR count). The van der Waals surface area contributed by atoms with Crippen LogP contribution < -0.4 is 20.7 Å². The molecule has 2 aliphatic rings. The molecule has 1 spiro atoms. The van der Waals surface area contributed by atoms with Crippen molar-refractivity contribution in [1.82, 2.24) is 14.6 Å². The lowest BCUT2D eigenvalue weighted by molar-refractivity contribution is -0.194. The number of carbonyl (C=O) groups excluding carboxylic acids is 1. The third-order valence-electron chi connectivity index (χ3n) is 9.40. The van der Waals surface area contributed by atoms with Crippen molar-refractivity contribution in [3.8, 4) is 11.5 Å². The Balaban J connectivity index is 1.52. The second-order valence-corrected chi connectivity index (χ2v) is 12.0. The number of methoxy groups -OCH3 is 2. The highest BCUT2D eigenvalue weighted by molar-refractivity contribution is 5.66. The monoisotopic (exact) mass is 673 g/mol. The molecular weight excluding hydrogens is 634 g/mol. The molecule has 3 heterocycles. The van der Waals surface area contributed by atoms with Crippen LogP contribution in [0.1, 0.15) is 35.4 Å². The van der Waals surface area contributed by atoms with Gasteiger partial charge in [0.05, 0.1) is 20.8 Å². The van der Waals surface area contributed by atoms with Gasteiger partial charge in [0.1, 0.15) is 41.5 Å². The zero-order chi connectivity index (χ0) is 34.9. The molecule has 49 heavy (non-hydrogen) atoms. The summed E-state index contributed by atoms with van der Waals surface area (Å²) in [5.41, 5.74) is -1.60. The highest BCUT2D eigenvalue weighted by Gasteiger charge is 2.68. The van der Waals surface area contributed by atoms with Crippen LogP contribution in [0.3, 0.4) is 0 Å². The smallest absolute Gasteiger partial charge is 0.330 e. The predicted octanol–water partition coefficient (Wildman–Crippen LogP) is 2.68. The van der Waals surface area contributed by atoms with Crippen molar-refractivity contribution in [2.45, 2.75) is 49.5 Å². The van der Waals surface area contributed by atoms with E-state index in [1.54, 1.807) is 21.3 Å². The number of nitrogens with one attached hydrogen (secondary N) is 1. The van der Waals surface area contributed by atoms with E-state index >= 15 is 0 Å². The molecule has 3 aromatic carbocycles. The minimum absolute atomic E-state index is 0.0833. The van der Waals surface area contributed by atoms with Gasteiger partial charge in [0.2, 0.25) is 0 Å². The number of hydroxylamine groups is 2. The van der Waals surface area contributed by atoms with Gasteiger partial charge in [-0.15, -0.1) is 0 Å². The van der Waals surface area contributed by atoms with E-state index in [0.29, 0.717) is 11.5 Å². The molecule has 13 nitrogen and oxygen atoms in total. The summed E-state index contributed by atoms with van der Waals surface area (Å²) in [7, 11) is 4.78.